The van der Waals surface area contributed by atoms with Gasteiger partial charge in [-0.05, 0) is 30.2 Å². The van der Waals surface area contributed by atoms with Crippen molar-refractivity contribution in [2.45, 2.75) is 26.5 Å². The molecule has 9 nitrogen and oxygen atoms in total. The molecule has 2 aromatic rings. The van der Waals surface area contributed by atoms with Crippen LogP contribution in [0.4, 0.5) is 10.5 Å². The van der Waals surface area contributed by atoms with Gasteiger partial charge < -0.3 is 14.8 Å². The zero-order valence-electron chi connectivity index (χ0n) is 14.8. The molecule has 0 aliphatic rings. The van der Waals surface area contributed by atoms with Crippen LogP contribution in [-0.4, -0.2) is 28.0 Å². The first-order chi connectivity index (χ1) is 12.9. The number of non-ortho nitro benzene ring substituents is 1. The van der Waals surface area contributed by atoms with Gasteiger partial charge in [-0.15, -0.1) is 0 Å². The van der Waals surface area contributed by atoms with Gasteiger partial charge in [-0.2, -0.15) is 0 Å². The fraction of sp³-hybridized carbons (Fsp3) is 0.278. The Balaban J connectivity index is 1.93. The number of amides is 1. The first-order valence-electron chi connectivity index (χ1n) is 8.16. The highest BCUT2D eigenvalue weighted by molar-refractivity contribution is 5.83. The second-order valence-corrected chi connectivity index (χ2v) is 5.94. The molecule has 1 N–H and O–H groups in total. The third-order valence-electron chi connectivity index (χ3n) is 3.54. The molecule has 9 heteroatoms. The lowest BCUT2D eigenvalue weighted by molar-refractivity contribution is -0.384. The highest BCUT2D eigenvalue weighted by atomic mass is 16.6. The maximum absolute atomic E-state index is 12.3. The van der Waals surface area contributed by atoms with E-state index in [-0.39, 0.29) is 24.0 Å². The Kier molecular flexibility index (Phi) is 6.81. The van der Waals surface area contributed by atoms with Crippen LogP contribution in [0.1, 0.15) is 19.5 Å². The van der Waals surface area contributed by atoms with Gasteiger partial charge in [0.15, 0.2) is 0 Å². The van der Waals surface area contributed by atoms with Crippen molar-refractivity contribution in [3.63, 3.8) is 0 Å². The number of nitro benzene ring substituents is 1. The van der Waals surface area contributed by atoms with Crippen LogP contribution in [0.15, 0.2) is 48.7 Å². The van der Waals surface area contributed by atoms with Crippen LogP contribution in [0.25, 0.3) is 0 Å². The predicted molar refractivity (Wildman–Crippen MR) is 94.9 cm³/mol. The Bertz CT molecular complexity index is 793. The maximum Gasteiger partial charge on any atom is 0.408 e. The maximum atomic E-state index is 12.3. The molecular weight excluding hydrogens is 354 g/mol. The molecule has 1 unspecified atom stereocenters. The normalized spacial score (nSPS) is 11.5. The van der Waals surface area contributed by atoms with Crippen molar-refractivity contribution >= 4 is 17.7 Å². The fourth-order valence-corrected chi connectivity index (χ4v) is 2.10. The van der Waals surface area contributed by atoms with E-state index in [1.54, 1.807) is 38.2 Å². The Hall–Kier alpha value is -3.49. The molecule has 1 amide bonds. The van der Waals surface area contributed by atoms with Crippen LogP contribution < -0.4 is 10.1 Å². The van der Waals surface area contributed by atoms with Gasteiger partial charge in [0, 0.05) is 18.3 Å². The first-order valence-corrected chi connectivity index (χ1v) is 8.16. The molecule has 0 saturated heterocycles. The average Bonchev–Trinajstić information content (AvgIpc) is 2.65. The summed E-state index contributed by atoms with van der Waals surface area (Å²) in [4.78, 5) is 38.4. The van der Waals surface area contributed by atoms with Crippen LogP contribution in [-0.2, 0) is 16.1 Å². The van der Waals surface area contributed by atoms with Crippen molar-refractivity contribution in [3.05, 3.63) is 64.5 Å². The number of benzene rings is 1. The molecule has 2 rings (SSSR count). The smallest absolute Gasteiger partial charge is 0.408 e. The summed E-state index contributed by atoms with van der Waals surface area (Å²) >= 11 is 0. The zero-order valence-corrected chi connectivity index (χ0v) is 14.8. The Morgan fingerprint density at radius 3 is 2.44 bits per heavy atom. The van der Waals surface area contributed by atoms with E-state index < -0.39 is 23.0 Å². The van der Waals surface area contributed by atoms with Crippen LogP contribution in [0.3, 0.4) is 0 Å². The molecular formula is C18H19N3O6. The number of carbonyl (C=O) groups excluding carboxylic acids is 2. The van der Waals surface area contributed by atoms with Crippen LogP contribution in [0.5, 0.6) is 5.75 Å². The number of nitro groups is 1. The van der Waals surface area contributed by atoms with Gasteiger partial charge in [0.05, 0.1) is 10.6 Å². The number of hydrogen-bond acceptors (Lipinski definition) is 7. The van der Waals surface area contributed by atoms with E-state index in [1.165, 1.54) is 24.3 Å². The van der Waals surface area contributed by atoms with Crippen LogP contribution in [0, 0.1) is 16.0 Å². The highest BCUT2D eigenvalue weighted by Crippen LogP contribution is 2.18. The third-order valence-corrected chi connectivity index (χ3v) is 3.54. The number of carbonyl (C=O) groups is 2. The van der Waals surface area contributed by atoms with E-state index in [4.69, 9.17) is 9.47 Å². The predicted octanol–water partition coefficient (Wildman–Crippen LogP) is 2.85. The van der Waals surface area contributed by atoms with Gasteiger partial charge in [0.2, 0.25) is 0 Å². The molecule has 0 aliphatic carbocycles. The van der Waals surface area contributed by atoms with Crippen molar-refractivity contribution < 1.29 is 24.0 Å². The van der Waals surface area contributed by atoms with Gasteiger partial charge in [-0.1, -0.05) is 19.9 Å². The summed E-state index contributed by atoms with van der Waals surface area (Å²) in [6, 6.07) is 9.34. The van der Waals surface area contributed by atoms with Crippen molar-refractivity contribution in [1.82, 2.24) is 10.3 Å². The van der Waals surface area contributed by atoms with E-state index in [1.807, 2.05) is 0 Å². The van der Waals surface area contributed by atoms with Crippen molar-refractivity contribution in [1.29, 1.82) is 0 Å². The van der Waals surface area contributed by atoms with E-state index >= 15 is 0 Å². The number of ether oxygens (including phenoxy) is 2. The molecule has 0 saturated carbocycles. The average molecular weight is 373 g/mol. The summed E-state index contributed by atoms with van der Waals surface area (Å²) < 4.78 is 10.2. The number of pyridine rings is 1. The lowest BCUT2D eigenvalue weighted by Gasteiger charge is -2.20. The zero-order chi connectivity index (χ0) is 19.8. The second-order valence-electron chi connectivity index (χ2n) is 5.94. The molecule has 0 fully saturated rings. The van der Waals surface area contributed by atoms with Gasteiger partial charge >= 0.3 is 12.1 Å². The molecule has 1 aromatic carbocycles. The molecule has 142 valence electrons. The van der Waals surface area contributed by atoms with E-state index in [0.29, 0.717) is 5.69 Å². The van der Waals surface area contributed by atoms with Gasteiger partial charge in [-0.25, -0.2) is 9.59 Å². The van der Waals surface area contributed by atoms with Gasteiger partial charge in [-0.3, -0.25) is 15.1 Å². The molecule has 0 bridgehead atoms. The van der Waals surface area contributed by atoms with Crippen LogP contribution in [0.2, 0.25) is 0 Å². The second kappa shape index (κ2) is 9.27. The Labute approximate surface area is 155 Å². The monoisotopic (exact) mass is 373 g/mol. The summed E-state index contributed by atoms with van der Waals surface area (Å²) in [5.74, 6) is -0.827. The molecule has 0 spiro atoms. The standard InChI is InChI=1S/C18H19N3O6/c1-12(2)16(20-18(23)26-11-13-5-3-4-10-19-13)17(22)27-15-8-6-14(7-9-15)21(24)25/h3-10,12,16H,11H2,1-2H3,(H,20,23). The molecule has 0 aliphatic heterocycles. The minimum atomic E-state index is -0.948. The largest absolute Gasteiger partial charge is 0.443 e. The molecule has 1 atom stereocenters. The lowest BCUT2D eigenvalue weighted by Crippen LogP contribution is -2.46. The molecule has 27 heavy (non-hydrogen) atoms. The minimum Gasteiger partial charge on any atom is -0.443 e. The quantitative estimate of drug-likeness (QED) is 0.343. The van der Waals surface area contributed by atoms with E-state index in [0.717, 1.165) is 0 Å². The molecule has 1 aromatic heterocycles. The van der Waals surface area contributed by atoms with Crippen molar-refractivity contribution in [3.8, 4) is 5.75 Å². The summed E-state index contributed by atoms with van der Waals surface area (Å²) in [5, 5.41) is 13.1. The SMILES string of the molecule is CC(C)C(NC(=O)OCc1ccccn1)C(=O)Oc1ccc([N+](=O)[O-])cc1. The number of nitrogens with zero attached hydrogens (tertiary/aromatic N) is 2. The first kappa shape index (κ1) is 19.8. The fourth-order valence-electron chi connectivity index (χ4n) is 2.10. The van der Waals surface area contributed by atoms with Gasteiger partial charge in [0.25, 0.3) is 5.69 Å². The van der Waals surface area contributed by atoms with Crippen molar-refractivity contribution in [2.24, 2.45) is 5.92 Å². The van der Waals surface area contributed by atoms with Crippen LogP contribution >= 0.6 is 0 Å². The van der Waals surface area contributed by atoms with E-state index in [9.17, 15) is 19.7 Å². The number of hydrogen-bond donors (Lipinski definition) is 1. The number of esters is 1. The van der Waals surface area contributed by atoms with Crippen molar-refractivity contribution in [2.75, 3.05) is 0 Å². The third kappa shape index (κ3) is 6.07. The highest BCUT2D eigenvalue weighted by Gasteiger charge is 2.27. The summed E-state index contributed by atoms with van der Waals surface area (Å²) in [6.45, 7) is 3.44. The number of rotatable bonds is 7. The number of aromatic nitrogens is 1. The number of alkyl carbamates (subject to hydrolysis) is 1. The Morgan fingerprint density at radius 2 is 1.89 bits per heavy atom. The topological polar surface area (TPSA) is 121 Å². The van der Waals surface area contributed by atoms with Gasteiger partial charge in [0.1, 0.15) is 18.4 Å². The lowest BCUT2D eigenvalue weighted by atomic mass is 10.1. The summed E-state index contributed by atoms with van der Waals surface area (Å²) in [6.07, 6.45) is 0.801. The summed E-state index contributed by atoms with van der Waals surface area (Å²) in [7, 11) is 0. The minimum absolute atomic E-state index is 0.0328. The summed E-state index contributed by atoms with van der Waals surface area (Å²) in [5.41, 5.74) is 0.452. The Morgan fingerprint density at radius 1 is 1.19 bits per heavy atom. The molecule has 1 heterocycles. The molecule has 0 radical (unpaired) electrons. The van der Waals surface area contributed by atoms with E-state index in [2.05, 4.69) is 10.3 Å². The number of nitrogens with one attached hydrogen (secondary N) is 1.